The standard InChI is InChI=1S/C19H17N7O2S/c1-10(2)26-15(14-12(8-20)16(22)29-17(23)13(14)9-21)19(28-25-26)24-18(27)11-6-4-3-5-7-11/h3-7,10,14H,22-23H2,1-2H3/p+1. The lowest BCUT2D eigenvalue weighted by molar-refractivity contribution is -0.785. The van der Waals surface area contributed by atoms with Crippen LogP contribution in [0.4, 0.5) is 5.88 Å². The molecule has 3 rings (SSSR count). The summed E-state index contributed by atoms with van der Waals surface area (Å²) in [5, 5.41) is 26.4. The molecular weight excluding hydrogens is 390 g/mol. The van der Waals surface area contributed by atoms with Gasteiger partial charge in [-0.3, -0.25) is 14.6 Å². The van der Waals surface area contributed by atoms with Gasteiger partial charge in [0.05, 0.1) is 33.3 Å². The maximum Gasteiger partial charge on any atom is 0.306 e. The largest absolute Gasteiger partial charge is 0.392 e. The highest BCUT2D eigenvalue weighted by atomic mass is 32.2. The monoisotopic (exact) mass is 408 g/mol. The van der Waals surface area contributed by atoms with Crippen LogP contribution < -0.4 is 21.5 Å². The van der Waals surface area contributed by atoms with Gasteiger partial charge in [-0.2, -0.15) is 10.5 Å². The van der Waals surface area contributed by atoms with Gasteiger partial charge in [0.1, 0.15) is 5.92 Å². The van der Waals surface area contributed by atoms with E-state index in [4.69, 9.17) is 16.0 Å². The van der Waals surface area contributed by atoms with Gasteiger partial charge in [0, 0.05) is 19.4 Å². The zero-order chi connectivity index (χ0) is 21.1. The normalized spacial score (nSPS) is 14.7. The fourth-order valence-corrected chi connectivity index (χ4v) is 3.72. The Kier molecular flexibility index (Phi) is 5.57. The van der Waals surface area contributed by atoms with E-state index >= 15 is 0 Å². The topological polar surface area (TPSA) is 159 Å². The first-order valence-corrected chi connectivity index (χ1v) is 9.45. The van der Waals surface area contributed by atoms with E-state index in [-0.39, 0.29) is 33.1 Å². The van der Waals surface area contributed by atoms with Gasteiger partial charge in [0.15, 0.2) is 6.04 Å². The van der Waals surface area contributed by atoms with Crippen LogP contribution in [0.3, 0.4) is 0 Å². The van der Waals surface area contributed by atoms with Crippen LogP contribution in [0.15, 0.2) is 56.1 Å². The number of allylic oxidation sites excluding steroid dienone is 2. The molecule has 1 aromatic heterocycles. The summed E-state index contributed by atoms with van der Waals surface area (Å²) in [4.78, 5) is 12.6. The summed E-state index contributed by atoms with van der Waals surface area (Å²) < 4.78 is 6.88. The zero-order valence-electron chi connectivity index (χ0n) is 15.7. The minimum absolute atomic E-state index is 0.0190. The number of nitrogens with zero attached hydrogens (tertiary/aromatic N) is 4. The van der Waals surface area contributed by atoms with E-state index in [1.165, 1.54) is 4.68 Å². The summed E-state index contributed by atoms with van der Waals surface area (Å²) in [5.41, 5.74) is 13.1. The number of nitrogens with one attached hydrogen (secondary N) is 1. The van der Waals surface area contributed by atoms with Gasteiger partial charge < -0.3 is 11.5 Å². The molecule has 0 bridgehead atoms. The van der Waals surface area contributed by atoms with Crippen LogP contribution in [0.5, 0.6) is 0 Å². The number of hydrogen-bond donors (Lipinski definition) is 3. The van der Waals surface area contributed by atoms with Crippen molar-refractivity contribution in [1.29, 1.82) is 10.5 Å². The van der Waals surface area contributed by atoms with Gasteiger partial charge in [0.25, 0.3) is 11.6 Å². The summed E-state index contributed by atoms with van der Waals surface area (Å²) in [6.07, 6.45) is 0. The predicted octanol–water partition coefficient (Wildman–Crippen LogP) is 2.01. The number of nitriles is 2. The first kappa shape index (κ1) is 20.0. The number of carbonyl (C=O) groups is 1. The maximum absolute atomic E-state index is 12.6. The van der Waals surface area contributed by atoms with Crippen LogP contribution in [-0.4, -0.2) is 11.2 Å². The van der Waals surface area contributed by atoms with Gasteiger partial charge in [-0.15, -0.1) is 0 Å². The van der Waals surface area contributed by atoms with Crippen molar-refractivity contribution < 1.29 is 14.0 Å². The first-order valence-electron chi connectivity index (χ1n) is 8.64. The van der Waals surface area contributed by atoms with Crippen LogP contribution in [0.2, 0.25) is 0 Å². The second kappa shape index (κ2) is 8.09. The molecule has 29 heavy (non-hydrogen) atoms. The number of carbonyl (C=O) groups excluding carboxylic acids is 1. The molecule has 0 radical (unpaired) electrons. The molecule has 0 atom stereocenters. The van der Waals surface area contributed by atoms with E-state index in [9.17, 15) is 15.3 Å². The van der Waals surface area contributed by atoms with Crippen LogP contribution in [0.1, 0.15) is 41.9 Å². The molecule has 5 N–H and O–H groups in total. The van der Waals surface area contributed by atoms with Crippen molar-refractivity contribution in [1.82, 2.24) is 5.27 Å². The molecule has 0 saturated heterocycles. The van der Waals surface area contributed by atoms with Gasteiger partial charge in [-0.05, 0) is 16.8 Å². The molecule has 0 fully saturated rings. The first-order chi connectivity index (χ1) is 13.9. The van der Waals surface area contributed by atoms with Crippen LogP contribution in [0, 0.1) is 22.7 Å². The van der Waals surface area contributed by atoms with E-state index in [0.717, 1.165) is 11.8 Å². The predicted molar refractivity (Wildman–Crippen MR) is 105 cm³/mol. The summed E-state index contributed by atoms with van der Waals surface area (Å²) >= 11 is 0.961. The molecule has 0 unspecified atom stereocenters. The molecule has 0 spiro atoms. The van der Waals surface area contributed by atoms with Gasteiger partial charge in [-0.25, -0.2) is 0 Å². The van der Waals surface area contributed by atoms with Gasteiger partial charge in [0.2, 0.25) is 5.27 Å². The number of nitrogens with two attached hydrogens (primary N) is 2. The Labute approximate surface area is 171 Å². The average Bonchev–Trinajstić information content (AvgIpc) is 3.11. The third-order valence-electron chi connectivity index (χ3n) is 4.29. The third kappa shape index (κ3) is 3.66. The van der Waals surface area contributed by atoms with Crippen molar-refractivity contribution in [3.05, 3.63) is 62.8 Å². The van der Waals surface area contributed by atoms with E-state index in [0.29, 0.717) is 11.3 Å². The fraction of sp³-hybridized carbons (Fsp3) is 0.211. The lowest BCUT2D eigenvalue weighted by Gasteiger charge is -2.20. The highest BCUT2D eigenvalue weighted by molar-refractivity contribution is 8.06. The van der Waals surface area contributed by atoms with Crippen molar-refractivity contribution in [3.63, 3.8) is 0 Å². The molecule has 9 nitrogen and oxygen atoms in total. The van der Waals surface area contributed by atoms with E-state index in [2.05, 4.69) is 22.7 Å². The summed E-state index contributed by atoms with van der Waals surface area (Å²) in [6.45, 7) is 3.70. The number of amides is 1. The van der Waals surface area contributed by atoms with Crippen molar-refractivity contribution >= 4 is 23.6 Å². The molecule has 1 aromatic carbocycles. The Bertz CT molecular complexity index is 1070. The number of aromatic nitrogens is 2. The van der Waals surface area contributed by atoms with Crippen LogP contribution in [-0.2, 0) is 0 Å². The van der Waals surface area contributed by atoms with Crippen molar-refractivity contribution in [2.24, 2.45) is 11.5 Å². The Hall–Kier alpha value is -3.76. The third-order valence-corrected chi connectivity index (χ3v) is 5.17. The van der Waals surface area contributed by atoms with Gasteiger partial charge in [-0.1, -0.05) is 30.0 Å². The van der Waals surface area contributed by atoms with E-state index < -0.39 is 11.8 Å². The quantitative estimate of drug-likeness (QED) is 0.648. The second-order valence-corrected chi connectivity index (χ2v) is 7.54. The second-order valence-electron chi connectivity index (χ2n) is 6.46. The number of hydrogen-bond acceptors (Lipinski definition) is 8. The molecule has 1 aliphatic heterocycles. The maximum atomic E-state index is 12.6. The number of anilines is 1. The molecule has 0 saturated carbocycles. The van der Waals surface area contributed by atoms with Crippen molar-refractivity contribution in [2.45, 2.75) is 25.8 Å². The Balaban J connectivity index is 2.16. The lowest BCUT2D eigenvalue weighted by Crippen LogP contribution is -2.44. The van der Waals surface area contributed by atoms with Crippen molar-refractivity contribution in [3.8, 4) is 12.1 Å². The van der Waals surface area contributed by atoms with E-state index in [1.54, 1.807) is 30.3 Å². The Morgan fingerprint density at radius 1 is 1.21 bits per heavy atom. The highest BCUT2D eigenvalue weighted by Crippen LogP contribution is 2.44. The average molecular weight is 408 g/mol. The van der Waals surface area contributed by atoms with Crippen LogP contribution in [0.25, 0.3) is 0 Å². The number of benzene rings is 1. The fourth-order valence-electron chi connectivity index (χ4n) is 2.94. The smallest absolute Gasteiger partial charge is 0.306 e. The molecule has 2 heterocycles. The molecule has 146 valence electrons. The summed E-state index contributed by atoms with van der Waals surface area (Å²) in [6, 6.07) is 12.5. The summed E-state index contributed by atoms with van der Waals surface area (Å²) in [5.74, 6) is -1.31. The SMILES string of the molecule is CC(C)[n+]1noc(NC(=O)c2ccccc2)c1C1C(C#N)=C(N)SC(N)=C1C#N. The minimum atomic E-state index is -0.911. The van der Waals surface area contributed by atoms with Gasteiger partial charge >= 0.3 is 5.88 Å². The highest BCUT2D eigenvalue weighted by Gasteiger charge is 2.43. The molecule has 1 amide bonds. The lowest BCUT2D eigenvalue weighted by atomic mass is 9.89. The molecule has 2 aromatic rings. The zero-order valence-corrected chi connectivity index (χ0v) is 16.5. The molecule has 10 heteroatoms. The molecule has 0 aliphatic carbocycles. The van der Waals surface area contributed by atoms with Crippen LogP contribution >= 0.6 is 11.8 Å². The number of rotatable bonds is 4. The summed E-state index contributed by atoms with van der Waals surface area (Å²) in [7, 11) is 0. The number of thioether (sulfide) groups is 1. The molecule has 1 aliphatic rings. The minimum Gasteiger partial charge on any atom is -0.392 e. The van der Waals surface area contributed by atoms with Crippen molar-refractivity contribution in [2.75, 3.05) is 5.32 Å². The van der Waals surface area contributed by atoms with E-state index in [1.807, 2.05) is 13.8 Å². The Morgan fingerprint density at radius 3 is 2.31 bits per heavy atom. The molecular formula is C19H18N7O2S+. The Morgan fingerprint density at radius 2 is 1.79 bits per heavy atom.